The van der Waals surface area contributed by atoms with Crippen molar-refractivity contribution in [1.82, 2.24) is 0 Å². The lowest BCUT2D eigenvalue weighted by Gasteiger charge is -2.30. The molecule has 2 nitrogen and oxygen atoms in total. The summed E-state index contributed by atoms with van der Waals surface area (Å²) in [5.41, 5.74) is 1.06. The summed E-state index contributed by atoms with van der Waals surface area (Å²) in [5, 5.41) is 0. The third kappa shape index (κ3) is 4.44. The van der Waals surface area contributed by atoms with Gasteiger partial charge in [0.25, 0.3) is 0 Å². The van der Waals surface area contributed by atoms with Gasteiger partial charge in [0, 0.05) is 6.61 Å². The molecule has 1 atom stereocenters. The highest BCUT2D eigenvalue weighted by atomic mass is 16.5. The van der Waals surface area contributed by atoms with E-state index in [0.29, 0.717) is 18.3 Å². The molecule has 0 bridgehead atoms. The number of carbonyl (C=O) groups is 1. The average molecular weight is 278 g/mol. The second kappa shape index (κ2) is 8.61. The summed E-state index contributed by atoms with van der Waals surface area (Å²) in [7, 11) is 0. The first-order valence-electron chi connectivity index (χ1n) is 8.67. The zero-order chi connectivity index (χ0) is 14.2. The largest absolute Gasteiger partial charge is 0.370 e. The summed E-state index contributed by atoms with van der Waals surface area (Å²) in [6, 6.07) is 0. The van der Waals surface area contributed by atoms with Crippen molar-refractivity contribution in [3.8, 4) is 0 Å². The molecular weight excluding hydrogens is 248 g/mol. The van der Waals surface area contributed by atoms with Crippen molar-refractivity contribution in [2.75, 3.05) is 6.61 Å². The fraction of sp³-hybridized carbons (Fsp3) is 0.833. The van der Waals surface area contributed by atoms with Crippen LogP contribution in [-0.4, -0.2) is 18.5 Å². The van der Waals surface area contributed by atoms with Crippen LogP contribution in [0.2, 0.25) is 0 Å². The minimum atomic E-state index is -0.161. The van der Waals surface area contributed by atoms with Crippen LogP contribution in [0, 0.1) is 5.92 Å². The lowest BCUT2D eigenvalue weighted by atomic mass is 9.81. The van der Waals surface area contributed by atoms with E-state index >= 15 is 0 Å². The molecule has 0 heterocycles. The van der Waals surface area contributed by atoms with Crippen molar-refractivity contribution >= 4 is 5.78 Å². The number of allylic oxidation sites excluding steroid dienone is 1. The second-order valence-electron chi connectivity index (χ2n) is 6.32. The molecule has 0 radical (unpaired) electrons. The van der Waals surface area contributed by atoms with E-state index in [9.17, 15) is 4.79 Å². The van der Waals surface area contributed by atoms with E-state index in [1.807, 2.05) is 6.92 Å². The van der Waals surface area contributed by atoms with Gasteiger partial charge in [0.2, 0.25) is 0 Å². The quantitative estimate of drug-likeness (QED) is 0.720. The molecule has 1 saturated carbocycles. The van der Waals surface area contributed by atoms with Crippen LogP contribution < -0.4 is 0 Å². The van der Waals surface area contributed by atoms with E-state index in [-0.39, 0.29) is 6.10 Å². The zero-order valence-electron chi connectivity index (χ0n) is 13.0. The fourth-order valence-electron chi connectivity index (χ4n) is 3.64. The first-order valence-corrected chi connectivity index (χ1v) is 8.67. The normalized spacial score (nSPS) is 23.6. The molecule has 2 aliphatic carbocycles. The van der Waals surface area contributed by atoms with Crippen LogP contribution in [0.5, 0.6) is 0 Å². The van der Waals surface area contributed by atoms with Gasteiger partial charge in [0.1, 0.15) is 6.10 Å². The Morgan fingerprint density at radius 3 is 2.60 bits per heavy atom. The Bertz CT molecular complexity index is 326. The molecular formula is C18H30O2. The van der Waals surface area contributed by atoms with Crippen LogP contribution in [-0.2, 0) is 9.53 Å². The maximum atomic E-state index is 12.9. The fourth-order valence-corrected chi connectivity index (χ4v) is 3.64. The molecule has 0 spiro atoms. The Kier molecular flexibility index (Phi) is 6.78. The maximum Gasteiger partial charge on any atom is 0.187 e. The number of ketones is 1. The topological polar surface area (TPSA) is 26.3 Å². The van der Waals surface area contributed by atoms with Gasteiger partial charge >= 0.3 is 0 Å². The third-order valence-electron chi connectivity index (χ3n) is 4.79. The molecule has 0 aliphatic heterocycles. The van der Waals surface area contributed by atoms with Gasteiger partial charge in [-0.25, -0.2) is 0 Å². The Labute approximate surface area is 124 Å². The number of hydrogen-bond donors (Lipinski definition) is 0. The summed E-state index contributed by atoms with van der Waals surface area (Å²) < 4.78 is 5.88. The highest BCUT2D eigenvalue weighted by molar-refractivity contribution is 5.99. The zero-order valence-corrected chi connectivity index (χ0v) is 13.0. The van der Waals surface area contributed by atoms with E-state index in [2.05, 4.69) is 6.08 Å². The average Bonchev–Trinajstić information content (AvgIpc) is 2.45. The molecule has 0 N–H and O–H groups in total. The van der Waals surface area contributed by atoms with Crippen molar-refractivity contribution < 1.29 is 9.53 Å². The van der Waals surface area contributed by atoms with Gasteiger partial charge in [-0.1, -0.05) is 38.2 Å². The Morgan fingerprint density at radius 1 is 1.15 bits per heavy atom. The van der Waals surface area contributed by atoms with Gasteiger partial charge in [-0.05, 0) is 56.9 Å². The summed E-state index contributed by atoms with van der Waals surface area (Å²) in [5.74, 6) is 0.767. The first-order chi connectivity index (χ1) is 9.83. The van der Waals surface area contributed by atoms with Crippen LogP contribution in [0.3, 0.4) is 0 Å². The lowest BCUT2D eigenvalue weighted by Crippen LogP contribution is -2.35. The Balaban J connectivity index is 2.04. The summed E-state index contributed by atoms with van der Waals surface area (Å²) in [6.07, 6.45) is 15.3. The first kappa shape index (κ1) is 15.8. The van der Waals surface area contributed by atoms with Gasteiger partial charge in [-0.3, -0.25) is 4.79 Å². The van der Waals surface area contributed by atoms with Crippen LogP contribution in [0.25, 0.3) is 0 Å². The summed E-state index contributed by atoms with van der Waals surface area (Å²) >= 11 is 0. The van der Waals surface area contributed by atoms with Gasteiger partial charge < -0.3 is 4.74 Å². The Hall–Kier alpha value is -0.630. The summed E-state index contributed by atoms with van der Waals surface area (Å²) in [6.45, 7) is 2.66. The van der Waals surface area contributed by atoms with Crippen molar-refractivity contribution in [2.45, 2.75) is 83.7 Å². The lowest BCUT2D eigenvalue weighted by molar-refractivity contribution is -0.131. The van der Waals surface area contributed by atoms with Crippen LogP contribution in [0.1, 0.15) is 77.6 Å². The Morgan fingerprint density at radius 2 is 1.85 bits per heavy atom. The molecule has 0 saturated heterocycles. The predicted octanol–water partition coefficient (Wildman–Crippen LogP) is 4.82. The highest BCUT2D eigenvalue weighted by Crippen LogP contribution is 2.31. The molecule has 2 aliphatic rings. The molecule has 2 heteroatoms. The van der Waals surface area contributed by atoms with Gasteiger partial charge in [-0.15, -0.1) is 0 Å². The number of ether oxygens (including phenoxy) is 1. The van der Waals surface area contributed by atoms with Crippen LogP contribution in [0.4, 0.5) is 0 Å². The van der Waals surface area contributed by atoms with Crippen LogP contribution >= 0.6 is 0 Å². The molecule has 1 unspecified atom stereocenters. The minimum absolute atomic E-state index is 0.161. The molecule has 0 aromatic rings. The molecule has 0 aromatic carbocycles. The third-order valence-corrected chi connectivity index (χ3v) is 4.79. The van der Waals surface area contributed by atoms with Crippen molar-refractivity contribution in [3.05, 3.63) is 11.6 Å². The van der Waals surface area contributed by atoms with Crippen molar-refractivity contribution in [1.29, 1.82) is 0 Å². The van der Waals surface area contributed by atoms with Crippen molar-refractivity contribution in [2.24, 2.45) is 5.92 Å². The van der Waals surface area contributed by atoms with E-state index < -0.39 is 0 Å². The van der Waals surface area contributed by atoms with Gasteiger partial charge in [0.15, 0.2) is 5.78 Å². The van der Waals surface area contributed by atoms with E-state index in [0.717, 1.165) is 18.4 Å². The highest BCUT2D eigenvalue weighted by Gasteiger charge is 2.31. The monoisotopic (exact) mass is 278 g/mol. The molecule has 0 amide bonds. The standard InChI is InChI=1S/C18H30O2/c1-2-20-18(16-13-9-6-10-14-16)17(19)15-11-7-4-3-5-8-12-15/h11,16,18H,2-10,12-14H2,1H3. The van der Waals surface area contributed by atoms with Gasteiger partial charge in [-0.2, -0.15) is 0 Å². The number of Topliss-reactive ketones (excluding diaryl/α,β-unsaturated/α-hetero) is 1. The minimum Gasteiger partial charge on any atom is -0.370 e. The molecule has 2 rings (SSSR count). The smallest absolute Gasteiger partial charge is 0.187 e. The second-order valence-corrected chi connectivity index (χ2v) is 6.32. The number of rotatable bonds is 5. The van der Waals surface area contributed by atoms with E-state index in [4.69, 9.17) is 4.74 Å². The number of carbonyl (C=O) groups excluding carboxylic acids is 1. The number of hydrogen-bond acceptors (Lipinski definition) is 2. The van der Waals surface area contributed by atoms with Crippen molar-refractivity contribution in [3.63, 3.8) is 0 Å². The molecule has 114 valence electrons. The maximum absolute atomic E-state index is 12.9. The van der Waals surface area contributed by atoms with Gasteiger partial charge in [0.05, 0.1) is 0 Å². The molecule has 1 fully saturated rings. The van der Waals surface area contributed by atoms with E-state index in [1.54, 1.807) is 0 Å². The molecule has 20 heavy (non-hydrogen) atoms. The summed E-state index contributed by atoms with van der Waals surface area (Å²) in [4.78, 5) is 12.9. The molecule has 0 aromatic heterocycles. The van der Waals surface area contributed by atoms with E-state index in [1.165, 1.54) is 57.8 Å². The van der Waals surface area contributed by atoms with Crippen LogP contribution in [0.15, 0.2) is 11.6 Å². The SMILES string of the molecule is CCOC(C(=O)C1=CCCCCCC1)C1CCCCC1. The predicted molar refractivity (Wildman–Crippen MR) is 82.8 cm³/mol.